The summed E-state index contributed by atoms with van der Waals surface area (Å²) in [6, 6.07) is 2.50. The second-order valence-electron chi connectivity index (χ2n) is 4.46. The van der Waals surface area contributed by atoms with E-state index in [0.29, 0.717) is 6.54 Å². The first-order valence-corrected chi connectivity index (χ1v) is 5.94. The van der Waals surface area contributed by atoms with Crippen LogP contribution in [0.5, 0.6) is 0 Å². The highest BCUT2D eigenvalue weighted by atomic mass is 19.1. The number of aryl methyl sites for hydroxylation is 2. The molecule has 0 fully saturated rings. The molecule has 0 spiro atoms. The number of hydrogen-bond donors (Lipinski definition) is 3. The Balaban J connectivity index is 2.28. The lowest BCUT2D eigenvalue weighted by atomic mass is 10.1. The van der Waals surface area contributed by atoms with Crippen molar-refractivity contribution < 1.29 is 14.3 Å². The highest BCUT2D eigenvalue weighted by Gasteiger charge is 2.17. The van der Waals surface area contributed by atoms with Crippen LogP contribution in [-0.2, 0) is 13.6 Å². The Morgan fingerprint density at radius 3 is 2.80 bits per heavy atom. The van der Waals surface area contributed by atoms with E-state index in [9.17, 15) is 9.18 Å². The van der Waals surface area contributed by atoms with Gasteiger partial charge in [0.1, 0.15) is 11.4 Å². The zero-order chi connectivity index (χ0) is 14.9. The van der Waals surface area contributed by atoms with Gasteiger partial charge in [0.25, 0.3) is 0 Å². The van der Waals surface area contributed by atoms with E-state index in [1.54, 1.807) is 11.7 Å². The van der Waals surface area contributed by atoms with Crippen molar-refractivity contribution in [2.75, 3.05) is 11.1 Å². The van der Waals surface area contributed by atoms with Crippen molar-refractivity contribution in [1.82, 2.24) is 9.78 Å². The Morgan fingerprint density at radius 2 is 2.25 bits per heavy atom. The number of benzene rings is 1. The topological polar surface area (TPSA) is 93.2 Å². The summed E-state index contributed by atoms with van der Waals surface area (Å²) >= 11 is 0. The van der Waals surface area contributed by atoms with Crippen molar-refractivity contribution in [3.05, 3.63) is 41.0 Å². The number of carboxylic acids is 1. The standard InChI is InChI=1S/C13H15FN4O2/c1-7-8(6-18(2)17-7)5-16-10-4-3-9(14)12(15)11(10)13(19)20/h3-4,6,16H,5,15H2,1-2H3,(H,19,20). The number of nitrogens with one attached hydrogen (secondary N) is 1. The van der Waals surface area contributed by atoms with E-state index in [1.165, 1.54) is 6.07 Å². The van der Waals surface area contributed by atoms with Gasteiger partial charge in [-0.05, 0) is 19.1 Å². The molecule has 106 valence electrons. The van der Waals surface area contributed by atoms with Crippen molar-refractivity contribution >= 4 is 17.3 Å². The quantitative estimate of drug-likeness (QED) is 0.741. The van der Waals surface area contributed by atoms with Gasteiger partial charge in [0.15, 0.2) is 0 Å². The number of nitrogens with zero attached hydrogens (tertiary/aromatic N) is 2. The maximum atomic E-state index is 13.3. The number of nitrogen functional groups attached to an aromatic ring is 1. The molecule has 6 nitrogen and oxygen atoms in total. The fourth-order valence-corrected chi connectivity index (χ4v) is 1.98. The number of nitrogens with two attached hydrogens (primary N) is 1. The van der Waals surface area contributed by atoms with Gasteiger partial charge in [0, 0.05) is 25.4 Å². The van der Waals surface area contributed by atoms with Crippen LogP contribution in [0.4, 0.5) is 15.8 Å². The number of hydrogen-bond acceptors (Lipinski definition) is 4. The molecule has 0 aliphatic carbocycles. The van der Waals surface area contributed by atoms with Crippen molar-refractivity contribution in [3.8, 4) is 0 Å². The summed E-state index contributed by atoms with van der Waals surface area (Å²) in [4.78, 5) is 11.2. The first-order chi connectivity index (χ1) is 9.40. The van der Waals surface area contributed by atoms with Crippen LogP contribution in [0.1, 0.15) is 21.6 Å². The predicted molar refractivity (Wildman–Crippen MR) is 73.0 cm³/mol. The molecule has 0 saturated heterocycles. The third-order valence-corrected chi connectivity index (χ3v) is 2.99. The highest BCUT2D eigenvalue weighted by molar-refractivity contribution is 6.00. The molecule has 0 unspecified atom stereocenters. The van der Waals surface area contributed by atoms with Crippen LogP contribution in [0.25, 0.3) is 0 Å². The molecule has 1 aromatic heterocycles. The van der Waals surface area contributed by atoms with E-state index >= 15 is 0 Å². The Hall–Kier alpha value is -2.57. The summed E-state index contributed by atoms with van der Waals surface area (Å²) < 4.78 is 15.0. The number of carboxylic acid groups (broad SMARTS) is 1. The number of rotatable bonds is 4. The minimum atomic E-state index is -1.27. The molecular weight excluding hydrogens is 263 g/mol. The number of carbonyl (C=O) groups is 1. The minimum absolute atomic E-state index is 0.258. The van der Waals surface area contributed by atoms with E-state index in [4.69, 9.17) is 10.8 Å². The predicted octanol–water partition coefficient (Wildman–Crippen LogP) is 1.76. The lowest BCUT2D eigenvalue weighted by Gasteiger charge is -2.11. The Labute approximate surface area is 115 Å². The van der Waals surface area contributed by atoms with Gasteiger partial charge in [0.05, 0.1) is 17.1 Å². The molecule has 1 aromatic carbocycles. The van der Waals surface area contributed by atoms with Gasteiger partial charge in [0.2, 0.25) is 0 Å². The van der Waals surface area contributed by atoms with Gasteiger partial charge in [-0.15, -0.1) is 0 Å². The van der Waals surface area contributed by atoms with Crippen LogP contribution in [0.3, 0.4) is 0 Å². The monoisotopic (exact) mass is 278 g/mol. The molecule has 0 radical (unpaired) electrons. The molecular formula is C13H15FN4O2. The van der Waals surface area contributed by atoms with Gasteiger partial charge < -0.3 is 16.2 Å². The average Bonchev–Trinajstić information content (AvgIpc) is 2.68. The van der Waals surface area contributed by atoms with Gasteiger partial charge in [-0.25, -0.2) is 9.18 Å². The molecule has 0 bridgehead atoms. The molecule has 2 rings (SSSR count). The maximum absolute atomic E-state index is 13.3. The SMILES string of the molecule is Cc1nn(C)cc1CNc1ccc(F)c(N)c1C(=O)O. The summed E-state index contributed by atoms with van der Waals surface area (Å²) in [7, 11) is 1.80. The zero-order valence-electron chi connectivity index (χ0n) is 11.1. The first kappa shape index (κ1) is 13.9. The smallest absolute Gasteiger partial charge is 0.340 e. The largest absolute Gasteiger partial charge is 0.478 e. The second-order valence-corrected chi connectivity index (χ2v) is 4.46. The molecule has 0 aliphatic rings. The molecule has 20 heavy (non-hydrogen) atoms. The summed E-state index contributed by atoms with van der Waals surface area (Å²) in [5.74, 6) is -2.02. The second kappa shape index (κ2) is 5.20. The molecule has 0 atom stereocenters. The van der Waals surface area contributed by atoms with Crippen molar-refractivity contribution in [2.24, 2.45) is 7.05 Å². The summed E-state index contributed by atoms with van der Waals surface area (Å²) in [6.07, 6.45) is 1.83. The molecule has 0 saturated carbocycles. The van der Waals surface area contributed by atoms with Crippen LogP contribution < -0.4 is 11.1 Å². The lowest BCUT2D eigenvalue weighted by molar-refractivity contribution is 0.0698. The van der Waals surface area contributed by atoms with Crippen LogP contribution in [-0.4, -0.2) is 20.9 Å². The minimum Gasteiger partial charge on any atom is -0.478 e. The van der Waals surface area contributed by atoms with E-state index < -0.39 is 11.8 Å². The lowest BCUT2D eigenvalue weighted by Crippen LogP contribution is -2.11. The van der Waals surface area contributed by atoms with Crippen molar-refractivity contribution in [2.45, 2.75) is 13.5 Å². The number of anilines is 2. The maximum Gasteiger partial charge on any atom is 0.340 e. The van der Waals surface area contributed by atoms with E-state index in [2.05, 4.69) is 10.4 Å². The van der Waals surface area contributed by atoms with Crippen molar-refractivity contribution in [1.29, 1.82) is 0 Å². The normalized spacial score (nSPS) is 10.6. The van der Waals surface area contributed by atoms with Gasteiger partial charge in [-0.2, -0.15) is 5.10 Å². The van der Waals surface area contributed by atoms with E-state index in [-0.39, 0.29) is 16.9 Å². The number of halogens is 1. The fraction of sp³-hybridized carbons (Fsp3) is 0.231. The average molecular weight is 278 g/mol. The highest BCUT2D eigenvalue weighted by Crippen LogP contribution is 2.25. The van der Waals surface area contributed by atoms with Gasteiger partial charge in [-0.3, -0.25) is 4.68 Å². The van der Waals surface area contributed by atoms with E-state index in [1.807, 2.05) is 13.1 Å². The zero-order valence-corrected chi connectivity index (χ0v) is 11.1. The third-order valence-electron chi connectivity index (χ3n) is 2.99. The molecule has 1 heterocycles. The number of aromatic carboxylic acids is 1. The Morgan fingerprint density at radius 1 is 1.55 bits per heavy atom. The number of aromatic nitrogens is 2. The third kappa shape index (κ3) is 2.56. The molecule has 0 aliphatic heterocycles. The van der Waals surface area contributed by atoms with E-state index in [0.717, 1.165) is 17.3 Å². The van der Waals surface area contributed by atoms with Crippen LogP contribution in [0.2, 0.25) is 0 Å². The Bertz CT molecular complexity index is 667. The summed E-state index contributed by atoms with van der Waals surface area (Å²) in [5, 5.41) is 16.3. The molecule has 0 amide bonds. The van der Waals surface area contributed by atoms with Gasteiger partial charge >= 0.3 is 5.97 Å². The first-order valence-electron chi connectivity index (χ1n) is 5.94. The fourth-order valence-electron chi connectivity index (χ4n) is 1.98. The van der Waals surface area contributed by atoms with Gasteiger partial charge in [-0.1, -0.05) is 0 Å². The Kier molecular flexibility index (Phi) is 3.60. The molecule has 2 aromatic rings. The van der Waals surface area contributed by atoms with Crippen molar-refractivity contribution in [3.63, 3.8) is 0 Å². The summed E-state index contributed by atoms with van der Waals surface area (Å²) in [5.41, 5.74) is 6.89. The molecule has 4 N–H and O–H groups in total. The summed E-state index contributed by atoms with van der Waals surface area (Å²) in [6.45, 7) is 2.24. The molecule has 7 heteroatoms. The van der Waals surface area contributed by atoms with Crippen LogP contribution in [0.15, 0.2) is 18.3 Å². The van der Waals surface area contributed by atoms with Crippen LogP contribution >= 0.6 is 0 Å². The van der Waals surface area contributed by atoms with Crippen LogP contribution in [0, 0.1) is 12.7 Å².